The van der Waals surface area contributed by atoms with Gasteiger partial charge in [-0.2, -0.15) is 0 Å². The summed E-state index contributed by atoms with van der Waals surface area (Å²) in [6.45, 7) is 12.0. The van der Waals surface area contributed by atoms with Crippen molar-refractivity contribution in [3.8, 4) is 11.5 Å². The number of hydrogen-bond donors (Lipinski definition) is 3. The van der Waals surface area contributed by atoms with Gasteiger partial charge in [0.05, 0.1) is 23.9 Å². The summed E-state index contributed by atoms with van der Waals surface area (Å²) in [6, 6.07) is 42.5. The van der Waals surface area contributed by atoms with Gasteiger partial charge in [0.15, 0.2) is 0 Å². The number of benzene rings is 5. The Morgan fingerprint density at radius 2 is 1.08 bits per heavy atom. The van der Waals surface area contributed by atoms with Crippen LogP contribution in [0.25, 0.3) is 0 Å². The lowest BCUT2D eigenvalue weighted by molar-refractivity contribution is -0.137. The number of aromatic nitrogens is 2. The van der Waals surface area contributed by atoms with E-state index in [1.54, 1.807) is 24.3 Å². The van der Waals surface area contributed by atoms with Crippen LogP contribution < -0.4 is 20.1 Å². The number of carbonyl (C=O) groups excluding carboxylic acids is 4. The Kier molecular flexibility index (Phi) is 17.5. The highest BCUT2D eigenvalue weighted by Gasteiger charge is 2.39. The van der Waals surface area contributed by atoms with Crippen LogP contribution in [0, 0.1) is 10.8 Å². The number of carboxylic acid groups (broad SMARTS) is 1. The monoisotopic (exact) mass is 1000 g/mol. The van der Waals surface area contributed by atoms with Crippen LogP contribution in [0.2, 0.25) is 0 Å². The van der Waals surface area contributed by atoms with Gasteiger partial charge in [-0.15, -0.1) is 0 Å². The lowest BCUT2D eigenvalue weighted by Crippen LogP contribution is -2.40. The smallest absolute Gasteiger partial charge is 0.416 e. The van der Waals surface area contributed by atoms with Gasteiger partial charge in [0.2, 0.25) is 17.7 Å². The normalized spacial score (nSPS) is 14.2. The maximum atomic E-state index is 13.5. The molecule has 1 aliphatic rings. The van der Waals surface area contributed by atoms with Crippen LogP contribution in [0.5, 0.6) is 11.5 Å². The molecule has 2 aromatic heterocycles. The first-order valence-corrected chi connectivity index (χ1v) is 24.2. The van der Waals surface area contributed by atoms with Crippen molar-refractivity contribution in [2.45, 2.75) is 91.9 Å². The third-order valence-corrected chi connectivity index (χ3v) is 12.0. The van der Waals surface area contributed by atoms with Crippen LogP contribution in [0.3, 0.4) is 0 Å². The van der Waals surface area contributed by atoms with E-state index in [2.05, 4.69) is 20.9 Å². The van der Waals surface area contributed by atoms with Gasteiger partial charge in [-0.05, 0) is 82.8 Å². The number of nitrogens with one attached hydrogen (secondary N) is 2. The lowest BCUT2D eigenvalue weighted by Gasteiger charge is -2.22. The van der Waals surface area contributed by atoms with Crippen molar-refractivity contribution in [2.75, 3.05) is 17.2 Å². The number of rotatable bonds is 18. The van der Waals surface area contributed by atoms with Crippen molar-refractivity contribution in [1.82, 2.24) is 15.2 Å². The van der Waals surface area contributed by atoms with E-state index in [1.165, 1.54) is 17.4 Å². The molecule has 16 heteroatoms. The van der Waals surface area contributed by atoms with Crippen molar-refractivity contribution < 1.29 is 52.3 Å². The van der Waals surface area contributed by atoms with Gasteiger partial charge in [-0.1, -0.05) is 131 Å². The van der Waals surface area contributed by atoms with Gasteiger partial charge in [0.25, 0.3) is 0 Å². The van der Waals surface area contributed by atoms with Crippen LogP contribution in [0.4, 0.5) is 16.2 Å². The summed E-state index contributed by atoms with van der Waals surface area (Å²) in [5.41, 5.74) is 6.12. The molecule has 0 radical (unpaired) electrons. The Bertz CT molecular complexity index is 2960. The molecule has 74 heavy (non-hydrogen) atoms. The molecule has 0 aliphatic carbocycles. The van der Waals surface area contributed by atoms with Crippen LogP contribution >= 0.6 is 0 Å². The summed E-state index contributed by atoms with van der Waals surface area (Å²) in [4.78, 5) is 63.1. The molecule has 1 saturated heterocycles. The van der Waals surface area contributed by atoms with E-state index in [4.69, 9.17) is 23.3 Å². The Labute approximate surface area is 430 Å². The van der Waals surface area contributed by atoms with Crippen LogP contribution in [0.15, 0.2) is 161 Å². The third-order valence-electron chi connectivity index (χ3n) is 12.0. The Morgan fingerprint density at radius 3 is 1.51 bits per heavy atom. The summed E-state index contributed by atoms with van der Waals surface area (Å²) < 4.78 is 27.1. The fourth-order valence-electron chi connectivity index (χ4n) is 7.88. The van der Waals surface area contributed by atoms with Crippen molar-refractivity contribution >= 4 is 41.2 Å². The SMILES string of the molecule is CC(C)(C)C(=O)Nc1cccc(COc2ccc([C@H](CC(=O)N3C(=O)OC[C@@H]3Cc3ccccc3)c3ccon3)cc2)c1.CC(C)(C)C(=O)Nc1cccc(COc2ccc([C@H](CC(=O)O)c3ccon3)cc2)c1. The fourth-order valence-corrected chi connectivity index (χ4v) is 7.88. The Balaban J connectivity index is 0.000000228. The topological polar surface area (TPSA) is 213 Å². The molecule has 7 aromatic rings. The maximum Gasteiger partial charge on any atom is 0.416 e. The zero-order valence-corrected chi connectivity index (χ0v) is 42.3. The molecular formula is C58H61N5O11. The predicted molar refractivity (Wildman–Crippen MR) is 276 cm³/mol. The minimum Gasteiger partial charge on any atom is -0.489 e. The van der Waals surface area contributed by atoms with E-state index in [1.807, 2.05) is 157 Å². The number of aliphatic carboxylic acids is 1. The summed E-state index contributed by atoms with van der Waals surface area (Å²) in [7, 11) is 0. The number of nitrogens with zero attached hydrogens (tertiary/aromatic N) is 3. The number of carbonyl (C=O) groups is 5. The summed E-state index contributed by atoms with van der Waals surface area (Å²) in [5, 5.41) is 23.1. The molecular weight excluding hydrogens is 943 g/mol. The Hall–Kier alpha value is -8.53. The highest BCUT2D eigenvalue weighted by Crippen LogP contribution is 2.32. The number of ether oxygens (including phenoxy) is 3. The third kappa shape index (κ3) is 15.0. The highest BCUT2D eigenvalue weighted by atomic mass is 16.6. The van der Waals surface area contributed by atoms with Crippen molar-refractivity contribution in [3.05, 3.63) is 191 Å². The second-order valence-electron chi connectivity index (χ2n) is 20.0. The van der Waals surface area contributed by atoms with E-state index < -0.39 is 34.7 Å². The Morgan fingerprint density at radius 1 is 0.622 bits per heavy atom. The van der Waals surface area contributed by atoms with Crippen LogP contribution in [-0.4, -0.2) is 62.8 Å². The molecule has 3 N–H and O–H groups in total. The largest absolute Gasteiger partial charge is 0.489 e. The van der Waals surface area contributed by atoms with Crippen molar-refractivity contribution in [2.24, 2.45) is 10.8 Å². The first kappa shape index (κ1) is 53.3. The second kappa shape index (κ2) is 24.3. The second-order valence-corrected chi connectivity index (χ2v) is 20.0. The first-order valence-electron chi connectivity index (χ1n) is 24.2. The molecule has 8 rings (SSSR count). The molecule has 5 aromatic carbocycles. The summed E-state index contributed by atoms with van der Waals surface area (Å²) in [6.07, 6.45) is 2.71. The molecule has 16 nitrogen and oxygen atoms in total. The van der Waals surface area contributed by atoms with Gasteiger partial charge in [0.1, 0.15) is 43.8 Å². The minimum absolute atomic E-state index is 0.0141. The standard InChI is InChI=1S/C34H35N3O6.C24H26N2O5/c1-34(2,3)32(39)35-26-11-7-10-24(18-26)21-41-28-14-12-25(13-15-28)29(30-16-17-43-36-30)20-31(38)37-27(22-42-33(37)40)19-23-8-5-4-6-9-23;1-24(2,3)23(29)25-18-6-4-5-16(13-18)15-30-19-9-7-17(8-10-19)20(14-22(27)28)21-11-12-31-26-21/h4-18,27,29H,19-22H2,1-3H3,(H,35,39);4-13,20H,14-15H2,1-3H3,(H,25,29)(H,27,28)/t27-,29-;20-/m00/s1. The van der Waals surface area contributed by atoms with Gasteiger partial charge in [-0.25, -0.2) is 9.69 Å². The molecule has 0 spiro atoms. The first-order chi connectivity index (χ1) is 35.4. The molecule has 0 unspecified atom stereocenters. The van der Waals surface area contributed by atoms with Gasteiger partial charge < -0.3 is 39.0 Å². The van der Waals surface area contributed by atoms with Crippen LogP contribution in [0.1, 0.15) is 105 Å². The number of amides is 4. The van der Waals surface area contributed by atoms with Gasteiger partial charge in [0, 0.05) is 52.6 Å². The minimum atomic E-state index is -0.910. The van der Waals surface area contributed by atoms with Gasteiger partial charge >= 0.3 is 12.1 Å². The van der Waals surface area contributed by atoms with Crippen molar-refractivity contribution in [3.63, 3.8) is 0 Å². The molecule has 4 amide bonds. The molecule has 1 aliphatic heterocycles. The molecule has 0 bridgehead atoms. The quantitative estimate of drug-likeness (QED) is 0.0731. The zero-order valence-electron chi connectivity index (χ0n) is 42.3. The molecule has 3 atom stereocenters. The predicted octanol–water partition coefficient (Wildman–Crippen LogP) is 11.2. The number of imide groups is 1. The van der Waals surface area contributed by atoms with E-state index in [-0.39, 0.29) is 43.2 Å². The van der Waals surface area contributed by atoms with E-state index in [9.17, 15) is 29.1 Å². The van der Waals surface area contributed by atoms with E-state index in [0.29, 0.717) is 48.2 Å². The zero-order chi connectivity index (χ0) is 52.8. The van der Waals surface area contributed by atoms with Crippen LogP contribution in [-0.2, 0) is 43.5 Å². The molecule has 3 heterocycles. The summed E-state index contributed by atoms with van der Waals surface area (Å²) in [5.74, 6) is -0.894. The van der Waals surface area contributed by atoms with E-state index >= 15 is 0 Å². The molecule has 0 saturated carbocycles. The number of cyclic esters (lactones) is 1. The number of hydrogen-bond acceptors (Lipinski definition) is 12. The maximum absolute atomic E-state index is 13.5. The summed E-state index contributed by atoms with van der Waals surface area (Å²) >= 11 is 0. The molecule has 1 fully saturated rings. The van der Waals surface area contributed by atoms with E-state index in [0.717, 1.165) is 33.5 Å². The highest BCUT2D eigenvalue weighted by molar-refractivity contribution is 5.95. The lowest BCUT2D eigenvalue weighted by atomic mass is 9.91. The van der Waals surface area contributed by atoms with Crippen molar-refractivity contribution in [1.29, 1.82) is 0 Å². The number of carboxylic acids is 1. The molecule has 384 valence electrons. The average Bonchev–Trinajstić information content (AvgIpc) is 4.19. The fraction of sp³-hybridized carbons (Fsp3) is 0.293. The number of anilines is 2. The van der Waals surface area contributed by atoms with Gasteiger partial charge in [-0.3, -0.25) is 19.2 Å². The average molecular weight is 1000 g/mol.